The summed E-state index contributed by atoms with van der Waals surface area (Å²) in [6, 6.07) is 15.9. The standard InChI is InChI=1S/C18H17NO7/c20-15-13(25-17(22)11-7-3-1-4-8-11)14(16(21)19(15)24)26-18(23)12-9-5-2-6-10-12/h1-10,13-16,20-21,24H/t13-,14-,15-,16-/m0/s1. The minimum atomic E-state index is -1.76. The molecule has 8 nitrogen and oxygen atoms in total. The molecular weight excluding hydrogens is 342 g/mol. The molecule has 1 saturated heterocycles. The predicted molar refractivity (Wildman–Crippen MR) is 86.9 cm³/mol. The van der Waals surface area contributed by atoms with Crippen LogP contribution in [0.1, 0.15) is 20.7 Å². The zero-order valence-corrected chi connectivity index (χ0v) is 13.5. The largest absolute Gasteiger partial charge is 0.450 e. The molecule has 0 spiro atoms. The van der Waals surface area contributed by atoms with Crippen LogP contribution >= 0.6 is 0 Å². The molecule has 0 bridgehead atoms. The highest BCUT2D eigenvalue weighted by molar-refractivity contribution is 5.90. The Morgan fingerprint density at radius 3 is 1.42 bits per heavy atom. The van der Waals surface area contributed by atoms with Gasteiger partial charge in [-0.3, -0.25) is 0 Å². The summed E-state index contributed by atoms with van der Waals surface area (Å²) in [5.74, 6) is -1.59. The number of nitrogens with zero attached hydrogens (tertiary/aromatic N) is 1. The van der Waals surface area contributed by atoms with E-state index < -0.39 is 36.6 Å². The Morgan fingerprint density at radius 2 is 1.08 bits per heavy atom. The van der Waals surface area contributed by atoms with E-state index in [1.165, 1.54) is 24.3 Å². The molecule has 0 aliphatic carbocycles. The van der Waals surface area contributed by atoms with Crippen LogP contribution in [0.3, 0.4) is 0 Å². The van der Waals surface area contributed by atoms with Crippen molar-refractivity contribution in [2.75, 3.05) is 0 Å². The van der Waals surface area contributed by atoms with Crippen LogP contribution in [0.4, 0.5) is 0 Å². The number of benzene rings is 2. The molecule has 0 aromatic heterocycles. The quantitative estimate of drug-likeness (QED) is 0.686. The highest BCUT2D eigenvalue weighted by Gasteiger charge is 2.52. The van der Waals surface area contributed by atoms with Crippen molar-refractivity contribution in [2.24, 2.45) is 0 Å². The number of rotatable bonds is 4. The van der Waals surface area contributed by atoms with Crippen LogP contribution in [0.25, 0.3) is 0 Å². The van der Waals surface area contributed by atoms with Gasteiger partial charge in [0.15, 0.2) is 24.7 Å². The van der Waals surface area contributed by atoms with Crippen LogP contribution in [0.2, 0.25) is 0 Å². The fraction of sp³-hybridized carbons (Fsp3) is 0.222. The number of carbonyl (C=O) groups is 2. The Kier molecular flexibility index (Phi) is 5.29. The van der Waals surface area contributed by atoms with Gasteiger partial charge < -0.3 is 24.9 Å². The summed E-state index contributed by atoms with van der Waals surface area (Å²) in [5, 5.41) is 29.9. The number of hydroxylamine groups is 2. The molecule has 1 aliphatic rings. The lowest BCUT2D eigenvalue weighted by atomic mass is 10.2. The molecule has 2 aromatic rings. The molecule has 1 fully saturated rings. The van der Waals surface area contributed by atoms with Crippen molar-refractivity contribution in [3.8, 4) is 0 Å². The van der Waals surface area contributed by atoms with Gasteiger partial charge in [0.05, 0.1) is 11.1 Å². The number of esters is 2. The first-order chi connectivity index (χ1) is 12.5. The lowest BCUT2D eigenvalue weighted by molar-refractivity contribution is -0.250. The van der Waals surface area contributed by atoms with Gasteiger partial charge in [-0.15, -0.1) is 5.06 Å². The SMILES string of the molecule is O=C(O[C@H]1[C@H](OC(=O)c2ccccc2)[C@H](O)N(O)[C@H]1O)c1ccccc1. The van der Waals surface area contributed by atoms with Crippen molar-refractivity contribution < 1.29 is 34.5 Å². The Hall–Kier alpha value is -2.78. The van der Waals surface area contributed by atoms with Gasteiger partial charge in [-0.25, -0.2) is 9.59 Å². The average Bonchev–Trinajstić information content (AvgIpc) is 2.87. The van der Waals surface area contributed by atoms with E-state index >= 15 is 0 Å². The minimum Gasteiger partial charge on any atom is -0.450 e. The van der Waals surface area contributed by atoms with Crippen LogP contribution in [-0.4, -0.2) is 57.1 Å². The van der Waals surface area contributed by atoms with E-state index in [9.17, 15) is 25.0 Å². The summed E-state index contributed by atoms with van der Waals surface area (Å²) >= 11 is 0. The second kappa shape index (κ2) is 7.63. The van der Waals surface area contributed by atoms with Gasteiger partial charge in [0.1, 0.15) is 0 Å². The first-order valence-corrected chi connectivity index (χ1v) is 7.84. The molecule has 1 heterocycles. The van der Waals surface area contributed by atoms with Crippen LogP contribution < -0.4 is 0 Å². The molecule has 3 N–H and O–H groups in total. The maximum atomic E-state index is 12.2. The van der Waals surface area contributed by atoms with E-state index in [4.69, 9.17) is 9.47 Å². The van der Waals surface area contributed by atoms with Crippen LogP contribution in [-0.2, 0) is 9.47 Å². The molecule has 4 atom stereocenters. The molecule has 8 heteroatoms. The maximum Gasteiger partial charge on any atom is 0.338 e. The van der Waals surface area contributed by atoms with E-state index in [1.54, 1.807) is 36.4 Å². The summed E-state index contributed by atoms with van der Waals surface area (Å²) in [6.45, 7) is 0. The second-order valence-corrected chi connectivity index (χ2v) is 5.68. The van der Waals surface area contributed by atoms with E-state index in [1.807, 2.05) is 0 Å². The zero-order valence-electron chi connectivity index (χ0n) is 13.5. The van der Waals surface area contributed by atoms with Crippen molar-refractivity contribution in [1.29, 1.82) is 0 Å². The number of ether oxygens (including phenoxy) is 2. The summed E-state index contributed by atoms with van der Waals surface area (Å²) in [7, 11) is 0. The van der Waals surface area contributed by atoms with Crippen molar-refractivity contribution in [3.05, 3.63) is 71.8 Å². The number of aliphatic hydroxyl groups is 2. The van der Waals surface area contributed by atoms with Crippen LogP contribution in [0, 0.1) is 0 Å². The van der Waals surface area contributed by atoms with Crippen LogP contribution in [0.5, 0.6) is 0 Å². The molecule has 0 radical (unpaired) electrons. The minimum absolute atomic E-state index is 0.173. The van der Waals surface area contributed by atoms with Crippen LogP contribution in [0.15, 0.2) is 60.7 Å². The first kappa shape index (κ1) is 18.0. The molecule has 26 heavy (non-hydrogen) atoms. The second-order valence-electron chi connectivity index (χ2n) is 5.68. The van der Waals surface area contributed by atoms with Crippen molar-refractivity contribution in [3.63, 3.8) is 0 Å². The normalized spacial score (nSPS) is 25.7. The van der Waals surface area contributed by atoms with Gasteiger partial charge in [-0.1, -0.05) is 36.4 Å². The molecule has 0 amide bonds. The van der Waals surface area contributed by atoms with Gasteiger partial charge in [-0.05, 0) is 24.3 Å². The Balaban J connectivity index is 1.77. The third-order valence-electron chi connectivity index (χ3n) is 3.96. The molecule has 2 aromatic carbocycles. The molecule has 136 valence electrons. The maximum absolute atomic E-state index is 12.2. The third kappa shape index (κ3) is 3.58. The molecule has 3 rings (SSSR count). The molecule has 0 saturated carbocycles. The van der Waals surface area contributed by atoms with E-state index in [-0.39, 0.29) is 16.2 Å². The van der Waals surface area contributed by atoms with Gasteiger partial charge in [-0.2, -0.15) is 0 Å². The Morgan fingerprint density at radius 1 is 0.731 bits per heavy atom. The summed E-state index contributed by atoms with van der Waals surface area (Å²) in [5.41, 5.74) is 0.414. The lowest BCUT2D eigenvalue weighted by Crippen LogP contribution is -2.40. The fourth-order valence-electron chi connectivity index (χ4n) is 2.58. The van der Waals surface area contributed by atoms with E-state index in [2.05, 4.69) is 0 Å². The summed E-state index contributed by atoms with van der Waals surface area (Å²) < 4.78 is 10.3. The van der Waals surface area contributed by atoms with Gasteiger partial charge >= 0.3 is 11.9 Å². The highest BCUT2D eigenvalue weighted by Crippen LogP contribution is 2.27. The van der Waals surface area contributed by atoms with Crippen molar-refractivity contribution in [1.82, 2.24) is 5.06 Å². The van der Waals surface area contributed by atoms with Gasteiger partial charge in [0.25, 0.3) is 0 Å². The highest BCUT2D eigenvalue weighted by atomic mass is 16.6. The fourth-order valence-corrected chi connectivity index (χ4v) is 2.58. The third-order valence-corrected chi connectivity index (χ3v) is 3.96. The molecule has 1 aliphatic heterocycles. The Bertz CT molecular complexity index is 702. The predicted octanol–water partition coefficient (Wildman–Crippen LogP) is 0.779. The number of hydrogen-bond donors (Lipinski definition) is 3. The number of carbonyl (C=O) groups excluding carboxylic acids is 2. The van der Waals surface area contributed by atoms with Crippen molar-refractivity contribution in [2.45, 2.75) is 24.7 Å². The van der Waals surface area contributed by atoms with Gasteiger partial charge in [0.2, 0.25) is 0 Å². The topological polar surface area (TPSA) is 117 Å². The average molecular weight is 359 g/mol. The van der Waals surface area contributed by atoms with Gasteiger partial charge in [0, 0.05) is 0 Å². The zero-order chi connectivity index (χ0) is 18.7. The first-order valence-electron chi connectivity index (χ1n) is 7.84. The summed E-state index contributed by atoms with van der Waals surface area (Å²) in [4.78, 5) is 24.4. The molecular formula is C18H17NO7. The monoisotopic (exact) mass is 359 g/mol. The molecule has 0 unspecified atom stereocenters. The summed E-state index contributed by atoms with van der Waals surface area (Å²) in [6.07, 6.45) is -6.47. The number of aliphatic hydroxyl groups excluding tert-OH is 2. The lowest BCUT2D eigenvalue weighted by Gasteiger charge is -2.22. The Labute approximate surface area is 148 Å². The van der Waals surface area contributed by atoms with E-state index in [0.717, 1.165) is 0 Å². The smallest absolute Gasteiger partial charge is 0.338 e. The van der Waals surface area contributed by atoms with Crippen molar-refractivity contribution >= 4 is 11.9 Å². The van der Waals surface area contributed by atoms with E-state index in [0.29, 0.717) is 0 Å². The number of hydrogen-bond acceptors (Lipinski definition) is 8.